The van der Waals surface area contributed by atoms with Crippen LogP contribution in [0.1, 0.15) is 240 Å². The summed E-state index contributed by atoms with van der Waals surface area (Å²) < 4.78 is 11.2. The third kappa shape index (κ3) is 32.8. The predicted molar refractivity (Wildman–Crippen MR) is 241 cm³/mol. The van der Waals surface area contributed by atoms with E-state index in [1.165, 1.54) is 193 Å². The minimum atomic E-state index is 0.0190. The first kappa shape index (κ1) is 52.9. The van der Waals surface area contributed by atoms with Crippen LogP contribution in [-0.2, 0) is 19.1 Å². The molecule has 0 spiro atoms. The Labute approximate surface area is 350 Å². The zero-order valence-electron chi connectivity index (χ0n) is 38.5. The minimum absolute atomic E-state index is 0.0190. The Balaban J connectivity index is 2.16. The highest BCUT2D eigenvalue weighted by Gasteiger charge is 2.17. The number of ether oxygens (including phenoxy) is 2. The summed E-state index contributed by atoms with van der Waals surface area (Å²) in [4.78, 5) is 29.7. The van der Waals surface area contributed by atoms with E-state index < -0.39 is 0 Å². The Kier molecular flexibility index (Phi) is 37.1. The van der Waals surface area contributed by atoms with Gasteiger partial charge < -0.3 is 19.3 Å². The average Bonchev–Trinajstić information content (AvgIpc) is 3.20. The van der Waals surface area contributed by atoms with E-state index in [0.29, 0.717) is 26.1 Å². The topological polar surface area (TPSA) is 59.1 Å². The van der Waals surface area contributed by atoms with E-state index >= 15 is 0 Å². The van der Waals surface area contributed by atoms with Crippen LogP contribution < -0.4 is 0 Å². The van der Waals surface area contributed by atoms with Crippen molar-refractivity contribution in [1.29, 1.82) is 0 Å². The van der Waals surface area contributed by atoms with Crippen molar-refractivity contribution in [3.8, 4) is 0 Å². The number of hydrogen-bond acceptors (Lipinski definition) is 6. The normalized spacial score (nSPS) is 14.1. The van der Waals surface area contributed by atoms with Gasteiger partial charge in [-0.2, -0.15) is 0 Å². The number of esters is 2. The standard InChI is InChI=1S/C50H98N2O4/c1-6-10-28-47(29-11-7-2)37-44-55-49(53)34-26-22-18-14-16-20-24-32-46(36-39-52-42-40-51(5)41-43-52)33-25-21-17-15-19-23-27-35-50(54)56-45-38-48(30-12-8-3)31-13-9-4/h46-48H,6-45H2,1-5H3. The Hall–Kier alpha value is -1.14. The molecule has 1 rings (SSSR count). The summed E-state index contributed by atoms with van der Waals surface area (Å²) in [5.41, 5.74) is 0. The maximum Gasteiger partial charge on any atom is 0.305 e. The van der Waals surface area contributed by atoms with Crippen LogP contribution in [0.5, 0.6) is 0 Å². The largest absolute Gasteiger partial charge is 0.466 e. The Bertz CT molecular complexity index is 788. The van der Waals surface area contributed by atoms with Gasteiger partial charge >= 0.3 is 11.9 Å². The van der Waals surface area contributed by atoms with Crippen molar-refractivity contribution in [2.24, 2.45) is 17.8 Å². The fourth-order valence-corrected chi connectivity index (χ4v) is 8.70. The van der Waals surface area contributed by atoms with Crippen molar-refractivity contribution in [2.45, 2.75) is 240 Å². The molecule has 0 atom stereocenters. The van der Waals surface area contributed by atoms with Gasteiger partial charge in [0.2, 0.25) is 0 Å². The monoisotopic (exact) mass is 791 g/mol. The van der Waals surface area contributed by atoms with E-state index in [0.717, 1.165) is 56.3 Å². The lowest BCUT2D eigenvalue weighted by Gasteiger charge is -2.33. The van der Waals surface area contributed by atoms with E-state index in [1.54, 1.807) is 0 Å². The van der Waals surface area contributed by atoms with Crippen molar-refractivity contribution < 1.29 is 19.1 Å². The molecule has 1 saturated heterocycles. The summed E-state index contributed by atoms with van der Waals surface area (Å²) in [5, 5.41) is 0. The van der Waals surface area contributed by atoms with E-state index in [2.05, 4.69) is 44.5 Å². The SMILES string of the molecule is CCCCC(CCCC)CCOC(=O)CCCCCCCCCC(CCCCCCCCCC(=O)OCCC(CCCC)CCCC)CCN1CCN(C)CC1. The number of nitrogens with zero attached hydrogens (tertiary/aromatic N) is 2. The molecular formula is C50H98N2O4. The minimum Gasteiger partial charge on any atom is -0.466 e. The quantitative estimate of drug-likeness (QED) is 0.0454. The highest BCUT2D eigenvalue weighted by molar-refractivity contribution is 5.69. The maximum absolute atomic E-state index is 12.3. The molecular weight excluding hydrogens is 693 g/mol. The number of carbonyl (C=O) groups is 2. The van der Waals surface area contributed by atoms with Gasteiger partial charge in [-0.25, -0.2) is 0 Å². The summed E-state index contributed by atoms with van der Waals surface area (Å²) in [5.74, 6) is 2.36. The van der Waals surface area contributed by atoms with Crippen LogP contribution in [0.4, 0.5) is 0 Å². The third-order valence-electron chi connectivity index (χ3n) is 12.9. The van der Waals surface area contributed by atoms with Crippen LogP contribution in [0.15, 0.2) is 0 Å². The zero-order chi connectivity index (χ0) is 40.7. The molecule has 56 heavy (non-hydrogen) atoms. The molecule has 0 N–H and O–H groups in total. The van der Waals surface area contributed by atoms with Crippen LogP contribution >= 0.6 is 0 Å². The molecule has 0 saturated carbocycles. The molecule has 1 fully saturated rings. The lowest BCUT2D eigenvalue weighted by Crippen LogP contribution is -2.44. The number of rotatable bonds is 41. The van der Waals surface area contributed by atoms with Crippen LogP contribution in [0.3, 0.4) is 0 Å². The predicted octanol–water partition coefficient (Wildman–Crippen LogP) is 14.1. The highest BCUT2D eigenvalue weighted by atomic mass is 16.5. The van der Waals surface area contributed by atoms with Gasteiger partial charge in [0.25, 0.3) is 0 Å². The van der Waals surface area contributed by atoms with E-state index in [9.17, 15) is 9.59 Å². The number of carbonyl (C=O) groups excluding carboxylic acids is 2. The molecule has 0 aromatic rings. The van der Waals surface area contributed by atoms with Gasteiger partial charge in [0.15, 0.2) is 0 Å². The molecule has 332 valence electrons. The first-order chi connectivity index (χ1) is 27.4. The number of unbranched alkanes of at least 4 members (excludes halogenated alkanes) is 16. The lowest BCUT2D eigenvalue weighted by molar-refractivity contribution is -0.145. The molecule has 0 aliphatic carbocycles. The molecule has 1 heterocycles. The second-order valence-electron chi connectivity index (χ2n) is 18.1. The average molecular weight is 791 g/mol. The van der Waals surface area contributed by atoms with Gasteiger partial charge in [-0.05, 0) is 63.5 Å². The van der Waals surface area contributed by atoms with Gasteiger partial charge in [0, 0.05) is 39.0 Å². The Morgan fingerprint density at radius 3 is 1.11 bits per heavy atom. The van der Waals surface area contributed by atoms with Crippen LogP contribution in [0.25, 0.3) is 0 Å². The van der Waals surface area contributed by atoms with Gasteiger partial charge in [0.05, 0.1) is 13.2 Å². The molecule has 0 amide bonds. The van der Waals surface area contributed by atoms with Crippen LogP contribution in [0.2, 0.25) is 0 Å². The first-order valence-corrected chi connectivity index (χ1v) is 25.1. The van der Waals surface area contributed by atoms with Crippen molar-refractivity contribution in [1.82, 2.24) is 9.80 Å². The second-order valence-corrected chi connectivity index (χ2v) is 18.1. The van der Waals surface area contributed by atoms with Crippen molar-refractivity contribution in [3.05, 3.63) is 0 Å². The molecule has 0 bridgehead atoms. The summed E-state index contributed by atoms with van der Waals surface area (Å²) in [6, 6.07) is 0. The number of hydrogen-bond donors (Lipinski definition) is 0. The smallest absolute Gasteiger partial charge is 0.305 e. The van der Waals surface area contributed by atoms with E-state index in [-0.39, 0.29) is 11.9 Å². The zero-order valence-corrected chi connectivity index (χ0v) is 38.5. The number of likely N-dealkylation sites (N-methyl/N-ethyl adjacent to an activating group) is 1. The highest BCUT2D eigenvalue weighted by Crippen LogP contribution is 2.24. The van der Waals surface area contributed by atoms with Gasteiger partial charge in [0.1, 0.15) is 0 Å². The first-order valence-electron chi connectivity index (χ1n) is 25.1. The second kappa shape index (κ2) is 39.3. The molecule has 0 aromatic carbocycles. The molecule has 0 radical (unpaired) electrons. The van der Waals surface area contributed by atoms with Crippen molar-refractivity contribution in [3.63, 3.8) is 0 Å². The summed E-state index contributed by atoms with van der Waals surface area (Å²) in [6.07, 6.45) is 40.3. The molecule has 1 aliphatic rings. The fraction of sp³-hybridized carbons (Fsp3) is 0.960. The van der Waals surface area contributed by atoms with E-state index in [4.69, 9.17) is 9.47 Å². The van der Waals surface area contributed by atoms with Crippen molar-refractivity contribution >= 4 is 11.9 Å². The Morgan fingerprint density at radius 1 is 0.411 bits per heavy atom. The molecule has 1 aliphatic heterocycles. The molecule has 0 unspecified atom stereocenters. The summed E-state index contributed by atoms with van der Waals surface area (Å²) in [7, 11) is 2.25. The third-order valence-corrected chi connectivity index (χ3v) is 12.9. The van der Waals surface area contributed by atoms with Gasteiger partial charge in [-0.1, -0.05) is 195 Å². The van der Waals surface area contributed by atoms with Crippen LogP contribution in [-0.4, -0.2) is 74.7 Å². The van der Waals surface area contributed by atoms with Crippen molar-refractivity contribution in [2.75, 3.05) is 53.0 Å². The summed E-state index contributed by atoms with van der Waals surface area (Å²) >= 11 is 0. The fourth-order valence-electron chi connectivity index (χ4n) is 8.70. The van der Waals surface area contributed by atoms with Gasteiger partial charge in [-0.15, -0.1) is 0 Å². The molecule has 6 heteroatoms. The maximum atomic E-state index is 12.3. The van der Waals surface area contributed by atoms with Gasteiger partial charge in [-0.3, -0.25) is 9.59 Å². The van der Waals surface area contributed by atoms with E-state index in [1.807, 2.05) is 0 Å². The lowest BCUT2D eigenvalue weighted by atomic mass is 9.91. The Morgan fingerprint density at radius 2 is 0.732 bits per heavy atom. The number of piperazine rings is 1. The molecule has 0 aromatic heterocycles. The molecule has 6 nitrogen and oxygen atoms in total. The van der Waals surface area contributed by atoms with Crippen LogP contribution in [0, 0.1) is 17.8 Å². The summed E-state index contributed by atoms with van der Waals surface area (Å²) in [6.45, 7) is 16.5.